The fraction of sp³-hybridized carbons (Fsp3) is 0.353. The van der Waals surface area contributed by atoms with Crippen LogP contribution in [0.25, 0.3) is 0 Å². The number of anilines is 1. The van der Waals surface area contributed by atoms with Crippen LogP contribution < -0.4 is 15.4 Å². The minimum atomic E-state index is -0.675. The van der Waals surface area contributed by atoms with Gasteiger partial charge in [0.15, 0.2) is 11.0 Å². The number of aryl methyl sites for hydroxylation is 1. The van der Waals surface area contributed by atoms with Gasteiger partial charge in [-0.25, -0.2) is 9.59 Å². The van der Waals surface area contributed by atoms with E-state index in [4.69, 9.17) is 14.2 Å². The molecule has 0 aliphatic heterocycles. The maximum absolute atomic E-state index is 13.5. The molecule has 4 aromatic rings. The van der Waals surface area contributed by atoms with Crippen molar-refractivity contribution in [3.05, 3.63) is 87.6 Å². The topological polar surface area (TPSA) is 151 Å². The van der Waals surface area contributed by atoms with Gasteiger partial charge in [0.25, 0.3) is 0 Å². The van der Waals surface area contributed by atoms with E-state index in [1.54, 1.807) is 46.9 Å². The molecule has 48 heavy (non-hydrogen) atoms. The van der Waals surface area contributed by atoms with Crippen molar-refractivity contribution in [1.82, 2.24) is 20.1 Å². The molecule has 12 nitrogen and oxygen atoms in total. The number of nitrogens with one attached hydrogen (secondary N) is 2. The summed E-state index contributed by atoms with van der Waals surface area (Å²) in [5.74, 6) is -0.549. The van der Waals surface area contributed by atoms with Crippen LogP contribution in [0.2, 0.25) is 0 Å². The Bertz CT molecular complexity index is 1720. The zero-order chi connectivity index (χ0) is 34.6. The van der Waals surface area contributed by atoms with Gasteiger partial charge in [0.1, 0.15) is 15.6 Å². The number of thiophene rings is 1. The van der Waals surface area contributed by atoms with Crippen LogP contribution in [0, 0.1) is 6.92 Å². The van der Waals surface area contributed by atoms with Gasteiger partial charge in [-0.05, 0) is 62.9 Å². The summed E-state index contributed by atoms with van der Waals surface area (Å²) in [6, 6.07) is 17.2. The van der Waals surface area contributed by atoms with Crippen LogP contribution in [0.1, 0.15) is 63.3 Å². The van der Waals surface area contributed by atoms with E-state index in [9.17, 15) is 19.2 Å². The Labute approximate surface area is 287 Å². The second-order valence-electron chi connectivity index (χ2n) is 10.5. The zero-order valence-corrected chi connectivity index (χ0v) is 29.2. The highest BCUT2D eigenvalue weighted by molar-refractivity contribution is 8.00. The van der Waals surface area contributed by atoms with Gasteiger partial charge < -0.3 is 29.4 Å². The maximum atomic E-state index is 13.5. The molecule has 1 atom stereocenters. The van der Waals surface area contributed by atoms with Crippen LogP contribution in [-0.4, -0.2) is 64.1 Å². The first-order valence-corrected chi connectivity index (χ1v) is 17.1. The highest BCUT2D eigenvalue weighted by Crippen LogP contribution is 2.35. The summed E-state index contributed by atoms with van der Waals surface area (Å²) in [5, 5.41) is 14.5. The number of benzene rings is 2. The number of rotatable bonds is 16. The van der Waals surface area contributed by atoms with E-state index in [1.165, 1.54) is 11.8 Å². The molecular formula is C34H39N5O7S2. The lowest BCUT2D eigenvalue weighted by Crippen LogP contribution is -2.27. The van der Waals surface area contributed by atoms with Gasteiger partial charge in [-0.1, -0.05) is 54.2 Å². The van der Waals surface area contributed by atoms with Crippen LogP contribution in [0.3, 0.4) is 0 Å². The van der Waals surface area contributed by atoms with Gasteiger partial charge in [-0.3, -0.25) is 9.59 Å². The number of hydrogen-bond acceptors (Lipinski definition) is 11. The van der Waals surface area contributed by atoms with E-state index in [0.29, 0.717) is 35.3 Å². The van der Waals surface area contributed by atoms with Gasteiger partial charge in [0, 0.05) is 6.54 Å². The first-order chi connectivity index (χ1) is 23.1. The lowest BCUT2D eigenvalue weighted by atomic mass is 10.1. The summed E-state index contributed by atoms with van der Waals surface area (Å²) in [5.41, 5.74) is 2.46. The lowest BCUT2D eigenvalue weighted by molar-refractivity contribution is -0.120. The summed E-state index contributed by atoms with van der Waals surface area (Å²) in [7, 11) is 1.59. The quantitative estimate of drug-likeness (QED) is 0.118. The van der Waals surface area contributed by atoms with Gasteiger partial charge in [0.2, 0.25) is 11.8 Å². The third-order valence-electron chi connectivity index (χ3n) is 7.20. The Morgan fingerprint density at radius 2 is 1.62 bits per heavy atom. The van der Waals surface area contributed by atoms with Crippen LogP contribution in [0.4, 0.5) is 5.00 Å². The van der Waals surface area contributed by atoms with Crippen molar-refractivity contribution in [3.8, 4) is 5.75 Å². The zero-order valence-electron chi connectivity index (χ0n) is 27.5. The van der Waals surface area contributed by atoms with Gasteiger partial charge in [0.05, 0.1) is 44.1 Å². The monoisotopic (exact) mass is 693 g/mol. The van der Waals surface area contributed by atoms with Crippen LogP contribution in [0.15, 0.2) is 59.8 Å². The van der Waals surface area contributed by atoms with Crippen molar-refractivity contribution in [2.75, 3.05) is 25.6 Å². The molecule has 0 aliphatic rings. The number of amides is 2. The van der Waals surface area contributed by atoms with E-state index in [0.717, 1.165) is 22.5 Å². The third-order valence-corrected chi connectivity index (χ3v) is 9.47. The number of carbonyl (C=O) groups is 4. The Hall–Kier alpha value is -4.69. The molecule has 0 bridgehead atoms. The third kappa shape index (κ3) is 9.44. The minimum absolute atomic E-state index is 0.120. The van der Waals surface area contributed by atoms with E-state index >= 15 is 0 Å². The van der Waals surface area contributed by atoms with Crippen molar-refractivity contribution in [2.24, 2.45) is 0 Å². The van der Waals surface area contributed by atoms with Crippen molar-refractivity contribution in [2.45, 2.75) is 64.0 Å². The Balaban J connectivity index is 1.50. The number of ether oxygens (including phenoxy) is 3. The minimum Gasteiger partial charge on any atom is -0.497 e. The van der Waals surface area contributed by atoms with Gasteiger partial charge in [-0.2, -0.15) is 0 Å². The number of esters is 2. The molecule has 0 radical (unpaired) electrons. The molecule has 0 fully saturated rings. The predicted octanol–water partition coefficient (Wildman–Crippen LogP) is 5.23. The molecule has 0 aliphatic carbocycles. The van der Waals surface area contributed by atoms with Crippen LogP contribution in [0.5, 0.6) is 5.75 Å². The molecule has 2 heterocycles. The smallest absolute Gasteiger partial charge is 0.348 e. The van der Waals surface area contributed by atoms with Gasteiger partial charge >= 0.3 is 11.9 Å². The summed E-state index contributed by atoms with van der Waals surface area (Å²) >= 11 is 2.16. The number of thioether (sulfide) groups is 1. The van der Waals surface area contributed by atoms with Gasteiger partial charge in [-0.15, -0.1) is 21.5 Å². The van der Waals surface area contributed by atoms with Crippen LogP contribution >= 0.6 is 23.1 Å². The Morgan fingerprint density at radius 3 is 2.29 bits per heavy atom. The molecule has 0 spiro atoms. The predicted molar refractivity (Wildman–Crippen MR) is 184 cm³/mol. The van der Waals surface area contributed by atoms with Crippen molar-refractivity contribution >= 4 is 51.9 Å². The fourth-order valence-electron chi connectivity index (χ4n) is 4.68. The average Bonchev–Trinajstić information content (AvgIpc) is 3.62. The summed E-state index contributed by atoms with van der Waals surface area (Å²) in [6.45, 7) is 7.65. The lowest BCUT2D eigenvalue weighted by Gasteiger charge is -2.14. The second-order valence-corrected chi connectivity index (χ2v) is 12.9. The second kappa shape index (κ2) is 17.5. The van der Waals surface area contributed by atoms with E-state index in [2.05, 4.69) is 20.8 Å². The largest absolute Gasteiger partial charge is 0.497 e. The van der Waals surface area contributed by atoms with Crippen molar-refractivity contribution < 1.29 is 33.4 Å². The van der Waals surface area contributed by atoms with Crippen molar-refractivity contribution in [3.63, 3.8) is 0 Å². The standard InChI is InChI=1S/C34H39N5O7S2/c1-6-45-32(42)28-21(3)29(33(43)46-7-2)48-31(28)36-30(41)22(4)47-34-38-37-26(39(34)18-17-23-11-9-8-10-12-23)20-35-27(40)19-24-13-15-25(44-5)16-14-24/h8-16,22H,6-7,17-20H2,1-5H3,(H,35,40)(H,36,41)/t22-/m1/s1. The molecule has 2 aromatic heterocycles. The highest BCUT2D eigenvalue weighted by atomic mass is 32.2. The van der Waals surface area contributed by atoms with Crippen molar-refractivity contribution in [1.29, 1.82) is 0 Å². The summed E-state index contributed by atoms with van der Waals surface area (Å²) in [6.07, 6.45) is 0.864. The van der Waals surface area contributed by atoms with Crippen LogP contribution in [-0.2, 0) is 45.0 Å². The first-order valence-electron chi connectivity index (χ1n) is 15.5. The molecule has 2 aromatic carbocycles. The molecule has 4 rings (SSSR count). The number of aromatic nitrogens is 3. The molecule has 2 N–H and O–H groups in total. The Morgan fingerprint density at radius 1 is 0.938 bits per heavy atom. The normalized spacial score (nSPS) is 11.4. The van der Waals surface area contributed by atoms with E-state index in [-0.39, 0.29) is 47.5 Å². The highest BCUT2D eigenvalue weighted by Gasteiger charge is 2.29. The summed E-state index contributed by atoms with van der Waals surface area (Å²) < 4.78 is 17.4. The molecule has 0 saturated heterocycles. The first kappa shape index (κ1) is 36.2. The maximum Gasteiger partial charge on any atom is 0.348 e. The molecule has 0 unspecified atom stereocenters. The molecule has 254 valence electrons. The van der Waals surface area contributed by atoms with E-state index in [1.807, 2.05) is 47.0 Å². The average molecular weight is 694 g/mol. The molecule has 14 heteroatoms. The Kier molecular flexibility index (Phi) is 13.1. The number of hydrogen-bond donors (Lipinski definition) is 2. The number of carbonyl (C=O) groups excluding carboxylic acids is 4. The molecular weight excluding hydrogens is 655 g/mol. The van der Waals surface area contributed by atoms with E-state index < -0.39 is 23.1 Å². The molecule has 2 amide bonds. The fourth-order valence-corrected chi connectivity index (χ4v) is 6.67. The SMILES string of the molecule is CCOC(=O)c1sc(NC(=O)[C@@H](C)Sc2nnc(CNC(=O)Cc3ccc(OC)cc3)n2CCc2ccccc2)c(C(=O)OCC)c1C. The number of methoxy groups -OCH3 is 1. The summed E-state index contributed by atoms with van der Waals surface area (Å²) in [4.78, 5) is 51.8. The number of nitrogens with zero attached hydrogens (tertiary/aromatic N) is 3. The molecule has 0 saturated carbocycles.